The fraction of sp³-hybridized carbons (Fsp3) is 0.0833. The summed E-state index contributed by atoms with van der Waals surface area (Å²) in [6, 6.07) is 7.78. The molecule has 0 fully saturated rings. The first-order chi connectivity index (χ1) is 8.90. The van der Waals surface area contributed by atoms with Crippen LogP contribution in [0.3, 0.4) is 0 Å². The Kier molecular flexibility index (Phi) is 3.99. The smallest absolute Gasteiger partial charge is 0.264 e. The summed E-state index contributed by atoms with van der Waals surface area (Å²) in [6.07, 6.45) is 1.42. The quantitative estimate of drug-likeness (QED) is 0.882. The Balaban J connectivity index is 2.37. The van der Waals surface area contributed by atoms with Gasteiger partial charge in [-0.3, -0.25) is 4.72 Å². The largest absolute Gasteiger partial charge is 0.279 e. The number of rotatable bonds is 3. The van der Waals surface area contributed by atoms with Crippen molar-refractivity contribution in [1.29, 1.82) is 0 Å². The van der Waals surface area contributed by atoms with E-state index in [1.807, 2.05) is 6.92 Å². The van der Waals surface area contributed by atoms with Crippen molar-refractivity contribution >= 4 is 38.9 Å². The highest BCUT2D eigenvalue weighted by Gasteiger charge is 2.18. The molecular formula is C12H10Cl2N2O2S. The molecular weight excluding hydrogens is 307 g/mol. The zero-order chi connectivity index (χ0) is 14.0. The van der Waals surface area contributed by atoms with Crippen molar-refractivity contribution in [3.05, 3.63) is 52.3 Å². The molecule has 1 heterocycles. The molecule has 4 nitrogen and oxygen atoms in total. The van der Waals surface area contributed by atoms with Gasteiger partial charge in [-0.2, -0.15) is 0 Å². The molecule has 0 aliphatic heterocycles. The van der Waals surface area contributed by atoms with Gasteiger partial charge in [0.2, 0.25) is 0 Å². The van der Waals surface area contributed by atoms with Crippen molar-refractivity contribution in [3.63, 3.8) is 0 Å². The van der Waals surface area contributed by atoms with Crippen molar-refractivity contribution in [2.45, 2.75) is 11.8 Å². The maximum Gasteiger partial charge on any atom is 0.264 e. The van der Waals surface area contributed by atoms with Crippen LogP contribution in [-0.4, -0.2) is 13.4 Å². The molecule has 0 spiro atoms. The van der Waals surface area contributed by atoms with Crippen LogP contribution in [0.2, 0.25) is 10.2 Å². The van der Waals surface area contributed by atoms with Crippen molar-refractivity contribution < 1.29 is 8.42 Å². The highest BCUT2D eigenvalue weighted by molar-refractivity contribution is 7.92. The Morgan fingerprint density at radius 1 is 1.21 bits per heavy atom. The second kappa shape index (κ2) is 5.36. The Bertz CT molecular complexity index is 717. The van der Waals surface area contributed by atoms with Crippen LogP contribution in [-0.2, 0) is 10.0 Å². The van der Waals surface area contributed by atoms with Gasteiger partial charge in [0.25, 0.3) is 10.0 Å². The molecule has 0 aliphatic rings. The van der Waals surface area contributed by atoms with Gasteiger partial charge in [-0.15, -0.1) is 0 Å². The topological polar surface area (TPSA) is 59.1 Å². The van der Waals surface area contributed by atoms with Crippen molar-refractivity contribution in [2.75, 3.05) is 4.72 Å². The second-order valence-electron chi connectivity index (χ2n) is 3.86. The summed E-state index contributed by atoms with van der Waals surface area (Å²) >= 11 is 11.7. The fourth-order valence-electron chi connectivity index (χ4n) is 1.44. The summed E-state index contributed by atoms with van der Waals surface area (Å²) in [5.41, 5.74) is 1.24. The molecule has 1 N–H and O–H groups in total. The number of hydrogen-bond acceptors (Lipinski definition) is 3. The van der Waals surface area contributed by atoms with Crippen molar-refractivity contribution in [2.24, 2.45) is 0 Å². The first-order valence-corrected chi connectivity index (χ1v) is 7.53. The molecule has 2 rings (SSSR count). The van der Waals surface area contributed by atoms with Crippen molar-refractivity contribution in [3.8, 4) is 0 Å². The number of sulfonamides is 1. The standard InChI is InChI=1S/C12H10Cl2N2O2S/c1-8-4-5-9(7-10(8)13)16-19(17,18)11-3-2-6-15-12(11)14/h2-7,16H,1H3. The molecule has 7 heteroatoms. The Hall–Kier alpha value is -1.30. The number of benzene rings is 1. The summed E-state index contributed by atoms with van der Waals surface area (Å²) in [5.74, 6) is 0. The minimum Gasteiger partial charge on any atom is -0.279 e. The van der Waals surface area contributed by atoms with Crippen LogP contribution in [0.1, 0.15) is 5.56 Å². The van der Waals surface area contributed by atoms with Crippen LogP contribution in [0.5, 0.6) is 0 Å². The minimum atomic E-state index is -3.78. The third-order valence-corrected chi connectivity index (χ3v) is 4.67. The number of anilines is 1. The molecule has 2 aromatic rings. The van der Waals surface area contributed by atoms with E-state index in [1.165, 1.54) is 18.3 Å². The van der Waals surface area contributed by atoms with Crippen LogP contribution < -0.4 is 4.72 Å². The maximum absolute atomic E-state index is 12.1. The molecule has 0 saturated carbocycles. The first kappa shape index (κ1) is 14.1. The number of nitrogens with one attached hydrogen (secondary N) is 1. The van der Waals surface area contributed by atoms with Gasteiger partial charge in [0.1, 0.15) is 10.0 Å². The van der Waals surface area contributed by atoms with Gasteiger partial charge in [0.15, 0.2) is 0 Å². The fourth-order valence-corrected chi connectivity index (χ4v) is 3.12. The minimum absolute atomic E-state index is 0.0756. The number of nitrogens with zero attached hydrogens (tertiary/aromatic N) is 1. The Labute approximate surface area is 121 Å². The van der Waals surface area contributed by atoms with Crippen LogP contribution in [0, 0.1) is 6.92 Å². The van der Waals surface area contributed by atoms with Gasteiger partial charge in [-0.1, -0.05) is 29.3 Å². The number of pyridine rings is 1. The maximum atomic E-state index is 12.1. The number of hydrogen-bond donors (Lipinski definition) is 1. The van der Waals surface area contributed by atoms with Crippen molar-refractivity contribution in [1.82, 2.24) is 4.98 Å². The SMILES string of the molecule is Cc1ccc(NS(=O)(=O)c2cccnc2Cl)cc1Cl. The van der Waals surface area contributed by atoms with E-state index in [0.717, 1.165) is 5.56 Å². The molecule has 0 amide bonds. The Morgan fingerprint density at radius 3 is 2.58 bits per heavy atom. The number of aromatic nitrogens is 1. The monoisotopic (exact) mass is 316 g/mol. The van der Waals surface area contributed by atoms with Crippen LogP contribution in [0.4, 0.5) is 5.69 Å². The van der Waals surface area contributed by atoms with E-state index >= 15 is 0 Å². The summed E-state index contributed by atoms with van der Waals surface area (Å²) in [5, 5.41) is 0.408. The highest BCUT2D eigenvalue weighted by Crippen LogP contribution is 2.24. The van der Waals surface area contributed by atoms with E-state index in [2.05, 4.69) is 9.71 Å². The van der Waals surface area contributed by atoms with Gasteiger partial charge in [-0.25, -0.2) is 13.4 Å². The Morgan fingerprint density at radius 2 is 1.95 bits per heavy atom. The van der Waals surface area contributed by atoms with Crippen LogP contribution in [0.25, 0.3) is 0 Å². The summed E-state index contributed by atoms with van der Waals surface area (Å²) in [4.78, 5) is 3.66. The molecule has 0 aliphatic carbocycles. The molecule has 0 saturated heterocycles. The third kappa shape index (κ3) is 3.18. The lowest BCUT2D eigenvalue weighted by Crippen LogP contribution is -2.13. The number of aryl methyl sites for hydroxylation is 1. The molecule has 1 aromatic heterocycles. The lowest BCUT2D eigenvalue weighted by Gasteiger charge is -2.09. The zero-order valence-electron chi connectivity index (χ0n) is 9.89. The average Bonchev–Trinajstić information content (AvgIpc) is 2.34. The molecule has 0 atom stereocenters. The second-order valence-corrected chi connectivity index (χ2v) is 6.28. The molecule has 0 bridgehead atoms. The van der Waals surface area contributed by atoms with E-state index in [-0.39, 0.29) is 10.0 Å². The highest BCUT2D eigenvalue weighted by atomic mass is 35.5. The predicted molar refractivity (Wildman–Crippen MR) is 76.2 cm³/mol. The van der Waals surface area contributed by atoms with E-state index in [1.54, 1.807) is 18.2 Å². The predicted octanol–water partition coefficient (Wildman–Crippen LogP) is 3.50. The van der Waals surface area contributed by atoms with Crippen LogP contribution >= 0.6 is 23.2 Å². The molecule has 0 radical (unpaired) electrons. The molecule has 19 heavy (non-hydrogen) atoms. The summed E-state index contributed by atoms with van der Waals surface area (Å²) in [7, 11) is -3.78. The molecule has 1 aromatic carbocycles. The average molecular weight is 317 g/mol. The van der Waals surface area contributed by atoms with E-state index < -0.39 is 10.0 Å². The summed E-state index contributed by atoms with van der Waals surface area (Å²) in [6.45, 7) is 1.83. The molecule has 0 unspecified atom stereocenters. The lowest BCUT2D eigenvalue weighted by atomic mass is 10.2. The normalized spacial score (nSPS) is 11.3. The van der Waals surface area contributed by atoms with Gasteiger partial charge in [0, 0.05) is 11.2 Å². The lowest BCUT2D eigenvalue weighted by molar-refractivity contribution is 0.601. The van der Waals surface area contributed by atoms with E-state index in [9.17, 15) is 8.42 Å². The van der Waals surface area contributed by atoms with E-state index in [0.29, 0.717) is 10.7 Å². The van der Waals surface area contributed by atoms with Crippen LogP contribution in [0.15, 0.2) is 41.4 Å². The first-order valence-electron chi connectivity index (χ1n) is 5.29. The van der Waals surface area contributed by atoms with Gasteiger partial charge < -0.3 is 0 Å². The molecule has 100 valence electrons. The third-order valence-electron chi connectivity index (χ3n) is 2.44. The van der Waals surface area contributed by atoms with Gasteiger partial charge >= 0.3 is 0 Å². The van der Waals surface area contributed by atoms with Gasteiger partial charge in [0.05, 0.1) is 5.69 Å². The number of halogens is 2. The summed E-state index contributed by atoms with van der Waals surface area (Å²) < 4.78 is 26.7. The zero-order valence-corrected chi connectivity index (χ0v) is 12.2. The van der Waals surface area contributed by atoms with Gasteiger partial charge in [-0.05, 0) is 36.8 Å². The van der Waals surface area contributed by atoms with E-state index in [4.69, 9.17) is 23.2 Å².